The highest BCUT2D eigenvalue weighted by molar-refractivity contribution is 5.96. The molecule has 0 radical (unpaired) electrons. The van der Waals surface area contributed by atoms with Crippen LogP contribution in [0, 0.1) is 5.82 Å². The Kier molecular flexibility index (Phi) is 4.78. The molecule has 1 aromatic carbocycles. The molecular formula is C20H23FN4O3. The minimum Gasteiger partial charge on any atom is -0.493 e. The number of nitrogens with zero attached hydrogens (tertiary/aromatic N) is 4. The van der Waals surface area contributed by atoms with E-state index in [2.05, 4.69) is 9.97 Å². The summed E-state index contributed by atoms with van der Waals surface area (Å²) in [5.41, 5.74) is 0.977. The lowest BCUT2D eigenvalue weighted by Gasteiger charge is -2.56. The van der Waals surface area contributed by atoms with E-state index in [4.69, 9.17) is 9.47 Å². The third-order valence-electron chi connectivity index (χ3n) is 5.54. The van der Waals surface area contributed by atoms with Crippen LogP contribution in [0.15, 0.2) is 24.5 Å². The Morgan fingerprint density at radius 3 is 2.54 bits per heavy atom. The molecule has 1 aromatic heterocycles. The normalized spacial score (nSPS) is 20.6. The van der Waals surface area contributed by atoms with Crippen LogP contribution in [0.5, 0.6) is 11.5 Å². The van der Waals surface area contributed by atoms with Gasteiger partial charge < -0.3 is 19.3 Å². The number of fused-ring (bicyclic) bond motifs is 2. The predicted molar refractivity (Wildman–Crippen MR) is 101 cm³/mol. The van der Waals surface area contributed by atoms with Crippen LogP contribution in [-0.2, 0) is 6.42 Å². The van der Waals surface area contributed by atoms with E-state index in [1.54, 1.807) is 32.4 Å². The lowest BCUT2D eigenvalue weighted by atomic mass is 9.86. The molecular weight excluding hydrogens is 363 g/mol. The molecule has 0 N–H and O–H groups in total. The van der Waals surface area contributed by atoms with E-state index in [1.165, 1.54) is 6.33 Å². The summed E-state index contributed by atoms with van der Waals surface area (Å²) >= 11 is 0. The number of rotatable bonds is 5. The predicted octanol–water partition coefficient (Wildman–Crippen LogP) is 2.30. The highest BCUT2D eigenvalue weighted by atomic mass is 19.1. The smallest absolute Gasteiger partial charge is 0.254 e. The fraction of sp³-hybridized carbons (Fsp3) is 0.450. The quantitative estimate of drug-likeness (QED) is 0.786. The maximum atomic E-state index is 14.6. The number of piperidine rings is 1. The highest BCUT2D eigenvalue weighted by Crippen LogP contribution is 2.37. The van der Waals surface area contributed by atoms with Gasteiger partial charge in [0.05, 0.1) is 32.0 Å². The largest absolute Gasteiger partial charge is 0.493 e. The van der Waals surface area contributed by atoms with E-state index < -0.39 is 0 Å². The van der Waals surface area contributed by atoms with E-state index >= 15 is 0 Å². The van der Waals surface area contributed by atoms with Gasteiger partial charge >= 0.3 is 0 Å². The Morgan fingerprint density at radius 2 is 1.89 bits per heavy atom. The van der Waals surface area contributed by atoms with Gasteiger partial charge in [0.1, 0.15) is 6.33 Å². The van der Waals surface area contributed by atoms with Crippen LogP contribution in [0.3, 0.4) is 0 Å². The first-order valence-corrected chi connectivity index (χ1v) is 9.36. The van der Waals surface area contributed by atoms with E-state index in [0.717, 1.165) is 6.42 Å². The van der Waals surface area contributed by atoms with Crippen molar-refractivity contribution in [3.05, 3.63) is 41.6 Å². The fourth-order valence-electron chi connectivity index (χ4n) is 4.10. The highest BCUT2D eigenvalue weighted by Gasteiger charge is 2.48. The molecule has 28 heavy (non-hydrogen) atoms. The fourth-order valence-corrected chi connectivity index (χ4v) is 4.10. The van der Waals surface area contributed by atoms with Crippen molar-refractivity contribution in [3.63, 3.8) is 0 Å². The maximum absolute atomic E-state index is 14.6. The molecule has 3 fully saturated rings. The molecule has 8 heteroatoms. The summed E-state index contributed by atoms with van der Waals surface area (Å²) in [5, 5.41) is 0. The van der Waals surface area contributed by atoms with Crippen molar-refractivity contribution in [1.82, 2.24) is 14.9 Å². The van der Waals surface area contributed by atoms with Crippen molar-refractivity contribution in [2.45, 2.75) is 31.8 Å². The van der Waals surface area contributed by atoms with Gasteiger partial charge in [0.15, 0.2) is 23.1 Å². The molecule has 3 aliphatic heterocycles. The van der Waals surface area contributed by atoms with Gasteiger partial charge in [-0.3, -0.25) is 4.79 Å². The first kappa shape index (κ1) is 18.5. The molecule has 2 aromatic rings. The molecule has 5 rings (SSSR count). The van der Waals surface area contributed by atoms with Gasteiger partial charge in [-0.1, -0.05) is 6.92 Å². The van der Waals surface area contributed by atoms with Gasteiger partial charge in [-0.05, 0) is 31.0 Å². The Balaban J connectivity index is 1.51. The van der Waals surface area contributed by atoms with Gasteiger partial charge in [0, 0.05) is 18.7 Å². The second-order valence-electron chi connectivity index (χ2n) is 7.04. The molecule has 0 aliphatic carbocycles. The molecule has 3 aliphatic rings. The van der Waals surface area contributed by atoms with Gasteiger partial charge in [0.25, 0.3) is 5.91 Å². The number of benzene rings is 1. The number of aromatic nitrogens is 2. The van der Waals surface area contributed by atoms with E-state index in [0.29, 0.717) is 48.1 Å². The average molecular weight is 386 g/mol. The Labute approximate surface area is 163 Å². The molecule has 0 spiro atoms. The van der Waals surface area contributed by atoms with Gasteiger partial charge in [-0.15, -0.1) is 0 Å². The first-order valence-electron chi connectivity index (χ1n) is 9.36. The van der Waals surface area contributed by atoms with Crippen LogP contribution in [0.4, 0.5) is 10.2 Å². The molecule has 7 nitrogen and oxygen atoms in total. The van der Waals surface area contributed by atoms with Crippen LogP contribution in [0.1, 0.15) is 29.4 Å². The van der Waals surface area contributed by atoms with Crippen molar-refractivity contribution >= 4 is 11.7 Å². The number of piperazine rings is 1. The van der Waals surface area contributed by atoms with E-state index in [-0.39, 0.29) is 23.8 Å². The standard InChI is InChI=1S/C20H23FN4O3/c1-4-15-18(21)19(23-11-22-15)24-9-13-8-14(10-24)25(13)20(26)12-5-6-16(27-2)17(7-12)28-3/h5-7,11,13-14H,4,8-10H2,1-3H3. The molecule has 3 saturated heterocycles. The number of halogens is 1. The monoisotopic (exact) mass is 386 g/mol. The van der Waals surface area contributed by atoms with Crippen molar-refractivity contribution in [2.24, 2.45) is 0 Å². The third kappa shape index (κ3) is 2.93. The summed E-state index contributed by atoms with van der Waals surface area (Å²) in [7, 11) is 3.10. The SMILES string of the molecule is CCc1ncnc(N2CC3CC(C2)N3C(=O)c2ccc(OC)c(OC)c2)c1F. The third-order valence-corrected chi connectivity index (χ3v) is 5.54. The van der Waals surface area contributed by atoms with Crippen LogP contribution in [0.2, 0.25) is 0 Å². The molecule has 0 saturated carbocycles. The number of hydrogen-bond acceptors (Lipinski definition) is 6. The number of carbonyl (C=O) groups is 1. The number of anilines is 1. The second-order valence-corrected chi connectivity index (χ2v) is 7.04. The molecule has 1 amide bonds. The summed E-state index contributed by atoms with van der Waals surface area (Å²) in [6.07, 6.45) is 2.85. The summed E-state index contributed by atoms with van der Waals surface area (Å²) in [6.45, 7) is 2.99. The van der Waals surface area contributed by atoms with Gasteiger partial charge in [-0.25, -0.2) is 14.4 Å². The number of amides is 1. The number of carbonyl (C=O) groups excluding carboxylic acids is 1. The van der Waals surface area contributed by atoms with Crippen LogP contribution < -0.4 is 14.4 Å². The topological polar surface area (TPSA) is 67.8 Å². The molecule has 2 atom stereocenters. The van der Waals surface area contributed by atoms with Crippen LogP contribution in [-0.4, -0.2) is 60.2 Å². The number of hydrogen-bond donors (Lipinski definition) is 0. The minimum atomic E-state index is -0.357. The van der Waals surface area contributed by atoms with Crippen LogP contribution in [0.25, 0.3) is 0 Å². The van der Waals surface area contributed by atoms with Crippen molar-refractivity contribution in [1.29, 1.82) is 0 Å². The van der Waals surface area contributed by atoms with E-state index in [9.17, 15) is 9.18 Å². The maximum Gasteiger partial charge on any atom is 0.254 e. The lowest BCUT2D eigenvalue weighted by Crippen LogP contribution is -2.70. The summed E-state index contributed by atoms with van der Waals surface area (Å²) < 4.78 is 25.1. The lowest BCUT2D eigenvalue weighted by molar-refractivity contribution is 0.00559. The molecule has 2 bridgehead atoms. The van der Waals surface area contributed by atoms with Crippen molar-refractivity contribution in [3.8, 4) is 11.5 Å². The average Bonchev–Trinajstić information content (AvgIpc) is 2.73. The number of ether oxygens (including phenoxy) is 2. The minimum absolute atomic E-state index is 0.0405. The molecule has 2 unspecified atom stereocenters. The van der Waals surface area contributed by atoms with Gasteiger partial charge in [0.2, 0.25) is 0 Å². The van der Waals surface area contributed by atoms with Crippen LogP contribution >= 0.6 is 0 Å². The summed E-state index contributed by atoms with van der Waals surface area (Å²) in [4.78, 5) is 25.0. The molecule has 148 valence electrons. The Morgan fingerprint density at radius 1 is 1.18 bits per heavy atom. The number of methoxy groups -OCH3 is 2. The zero-order valence-corrected chi connectivity index (χ0v) is 16.2. The zero-order chi connectivity index (χ0) is 19.8. The Bertz CT molecular complexity index is 895. The number of aryl methyl sites for hydroxylation is 1. The van der Waals surface area contributed by atoms with Crippen molar-refractivity contribution in [2.75, 3.05) is 32.2 Å². The van der Waals surface area contributed by atoms with E-state index in [1.807, 2.05) is 16.7 Å². The summed E-state index contributed by atoms with van der Waals surface area (Å²) in [5.74, 6) is 1.04. The molecule has 4 heterocycles. The van der Waals surface area contributed by atoms with Crippen molar-refractivity contribution < 1.29 is 18.7 Å². The second kappa shape index (κ2) is 7.26. The Hall–Kier alpha value is -2.90. The zero-order valence-electron chi connectivity index (χ0n) is 16.2. The first-order chi connectivity index (χ1) is 13.6. The summed E-state index contributed by atoms with van der Waals surface area (Å²) in [6, 6.07) is 5.26. The van der Waals surface area contributed by atoms with Gasteiger partial charge in [-0.2, -0.15) is 0 Å².